The van der Waals surface area contributed by atoms with Crippen molar-refractivity contribution in [1.29, 1.82) is 0 Å². The molecule has 0 bridgehead atoms. The van der Waals surface area contributed by atoms with Crippen LogP contribution in [0.1, 0.15) is 41.9 Å². The predicted octanol–water partition coefficient (Wildman–Crippen LogP) is 4.38. The van der Waals surface area contributed by atoms with E-state index < -0.39 is 27.8 Å². The highest BCUT2D eigenvalue weighted by molar-refractivity contribution is 7.93. The summed E-state index contributed by atoms with van der Waals surface area (Å²) in [6.45, 7) is 5.12. The highest BCUT2D eigenvalue weighted by Crippen LogP contribution is 2.38. The molecule has 182 valence electrons. The van der Waals surface area contributed by atoms with Crippen LogP contribution in [0, 0.1) is 13.8 Å². The molecule has 0 aliphatic carbocycles. The Balaban J connectivity index is 1.81. The minimum Gasteiger partial charge on any atom is -0.479 e. The number of pyridine rings is 1. The molecule has 4 rings (SSSR count). The molecule has 0 amide bonds. The Morgan fingerprint density at radius 2 is 1.91 bits per heavy atom. The molecule has 12 heteroatoms. The predicted molar refractivity (Wildman–Crippen MR) is 123 cm³/mol. The van der Waals surface area contributed by atoms with E-state index in [0.29, 0.717) is 35.6 Å². The van der Waals surface area contributed by atoms with E-state index in [9.17, 15) is 21.6 Å². The van der Waals surface area contributed by atoms with Gasteiger partial charge in [-0.3, -0.25) is 4.31 Å². The van der Waals surface area contributed by atoms with Crippen molar-refractivity contribution in [2.24, 2.45) is 0 Å². The van der Waals surface area contributed by atoms with Gasteiger partial charge in [-0.25, -0.2) is 18.4 Å². The minimum absolute atomic E-state index is 0.0234. The van der Waals surface area contributed by atoms with Crippen LogP contribution in [0.2, 0.25) is 0 Å². The van der Waals surface area contributed by atoms with Gasteiger partial charge in [0, 0.05) is 6.54 Å². The van der Waals surface area contributed by atoms with Gasteiger partial charge in [0.1, 0.15) is 17.3 Å². The molecule has 1 aliphatic rings. The number of aromatic nitrogens is 3. The number of aryl methyl sites for hydroxylation is 1. The number of anilines is 2. The van der Waals surface area contributed by atoms with Gasteiger partial charge >= 0.3 is 6.18 Å². The molecular weight excluding hydrogens is 471 g/mol. The maximum Gasteiger partial charge on any atom is 0.416 e. The zero-order valence-electron chi connectivity index (χ0n) is 19.1. The van der Waals surface area contributed by atoms with Crippen molar-refractivity contribution in [3.63, 3.8) is 0 Å². The van der Waals surface area contributed by atoms with E-state index in [-0.39, 0.29) is 28.5 Å². The summed E-state index contributed by atoms with van der Waals surface area (Å²) in [5.41, 5.74) is 0.429. The molecule has 3 aromatic rings. The minimum atomic E-state index is -4.46. The van der Waals surface area contributed by atoms with Crippen LogP contribution in [-0.4, -0.2) is 42.8 Å². The van der Waals surface area contributed by atoms with Crippen molar-refractivity contribution in [3.8, 4) is 5.88 Å². The second-order valence-electron chi connectivity index (χ2n) is 8.13. The van der Waals surface area contributed by atoms with E-state index in [1.54, 1.807) is 26.0 Å². The third kappa shape index (κ3) is 4.33. The van der Waals surface area contributed by atoms with Gasteiger partial charge in [-0.15, -0.1) is 0 Å². The van der Waals surface area contributed by atoms with Gasteiger partial charge in [0.25, 0.3) is 0 Å². The van der Waals surface area contributed by atoms with E-state index in [0.717, 1.165) is 6.07 Å². The molecule has 0 unspecified atom stereocenters. The fraction of sp³-hybridized carbons (Fsp3) is 0.409. The van der Waals surface area contributed by atoms with E-state index >= 15 is 0 Å². The second kappa shape index (κ2) is 8.57. The number of nitrogens with zero attached hydrogens (tertiary/aromatic N) is 4. The monoisotopic (exact) mass is 495 g/mol. The van der Waals surface area contributed by atoms with Crippen molar-refractivity contribution in [2.75, 3.05) is 29.0 Å². The van der Waals surface area contributed by atoms with Crippen LogP contribution in [0.25, 0.3) is 11.0 Å². The third-order valence-electron chi connectivity index (χ3n) is 5.81. The van der Waals surface area contributed by atoms with Crippen molar-refractivity contribution in [3.05, 3.63) is 46.8 Å². The first-order chi connectivity index (χ1) is 15.9. The van der Waals surface area contributed by atoms with Crippen LogP contribution in [0.15, 0.2) is 24.3 Å². The number of halogens is 3. The summed E-state index contributed by atoms with van der Waals surface area (Å²) in [6.07, 6.45) is -3.99. The maximum absolute atomic E-state index is 13.4. The van der Waals surface area contributed by atoms with Gasteiger partial charge < -0.3 is 10.1 Å². The molecule has 2 aromatic heterocycles. The summed E-state index contributed by atoms with van der Waals surface area (Å²) in [7, 11) is -2.11. The first kappa shape index (κ1) is 24.0. The van der Waals surface area contributed by atoms with Crippen molar-refractivity contribution < 1.29 is 26.3 Å². The number of benzene rings is 1. The van der Waals surface area contributed by atoms with E-state index in [2.05, 4.69) is 20.3 Å². The summed E-state index contributed by atoms with van der Waals surface area (Å²) >= 11 is 0. The molecule has 0 saturated carbocycles. The molecule has 3 heterocycles. The van der Waals surface area contributed by atoms with Gasteiger partial charge in [-0.05, 0) is 50.5 Å². The Hall–Kier alpha value is -3.15. The molecule has 8 nitrogen and oxygen atoms in total. The fourth-order valence-electron chi connectivity index (χ4n) is 4.20. The van der Waals surface area contributed by atoms with Gasteiger partial charge in [-0.2, -0.15) is 18.2 Å². The number of fused-ring (bicyclic) bond motifs is 1. The summed E-state index contributed by atoms with van der Waals surface area (Å²) in [4.78, 5) is 13.2. The van der Waals surface area contributed by atoms with Crippen LogP contribution in [0.4, 0.5) is 24.7 Å². The Kier molecular flexibility index (Phi) is 6.05. The molecule has 1 fully saturated rings. The lowest BCUT2D eigenvalue weighted by Crippen LogP contribution is -2.26. The van der Waals surface area contributed by atoms with Crippen molar-refractivity contribution in [1.82, 2.24) is 15.0 Å². The average molecular weight is 496 g/mol. The van der Waals surface area contributed by atoms with Crippen LogP contribution >= 0.6 is 0 Å². The van der Waals surface area contributed by atoms with Crippen molar-refractivity contribution >= 4 is 32.6 Å². The number of hydrogen-bond donors (Lipinski definition) is 1. The normalized spacial score (nSPS) is 16.6. The van der Waals surface area contributed by atoms with Gasteiger partial charge in [-0.1, -0.05) is 12.1 Å². The number of ether oxygens (including phenoxy) is 1. The van der Waals surface area contributed by atoms with E-state index in [1.165, 1.54) is 24.4 Å². The largest absolute Gasteiger partial charge is 0.479 e. The first-order valence-electron chi connectivity index (χ1n) is 10.6. The van der Waals surface area contributed by atoms with Crippen LogP contribution < -0.4 is 14.4 Å². The third-order valence-corrected chi connectivity index (χ3v) is 7.66. The highest BCUT2D eigenvalue weighted by Gasteiger charge is 2.34. The molecule has 1 N–H and O–H groups in total. The standard InChI is InChI=1S/C22H24F3N5O3S/c1-12-15(7-5-8-17(12)22(23,24)25)13(2)26-19-16-11-18(30-9-6-10-34(30,31)32)21(33-4)29-20(16)28-14(3)27-19/h5,7-8,11,13H,6,9-10H2,1-4H3,(H,26,27,28,29)/t13-/m1/s1. The lowest BCUT2D eigenvalue weighted by molar-refractivity contribution is -0.138. The number of methoxy groups -OCH3 is 1. The molecule has 1 aliphatic heterocycles. The molecule has 1 saturated heterocycles. The summed E-state index contributed by atoms with van der Waals surface area (Å²) in [5.74, 6) is 0.859. The molecule has 1 aromatic carbocycles. The topological polar surface area (TPSA) is 97.3 Å². The highest BCUT2D eigenvalue weighted by atomic mass is 32.2. The SMILES string of the molecule is COc1nc2nc(C)nc(N[C@H](C)c3cccc(C(F)(F)F)c3C)c2cc1N1CCCS1(=O)=O. The average Bonchev–Trinajstić information content (AvgIpc) is 3.10. The first-order valence-corrected chi connectivity index (χ1v) is 12.2. The zero-order valence-corrected chi connectivity index (χ0v) is 19.9. The molecule has 0 spiro atoms. The summed E-state index contributed by atoms with van der Waals surface area (Å²) in [6, 6.07) is 5.10. The second-order valence-corrected chi connectivity index (χ2v) is 10.1. The lowest BCUT2D eigenvalue weighted by Gasteiger charge is -2.22. The van der Waals surface area contributed by atoms with Crippen LogP contribution in [-0.2, 0) is 16.2 Å². The molecule has 1 atom stereocenters. The van der Waals surface area contributed by atoms with Gasteiger partial charge in [0.2, 0.25) is 15.9 Å². The number of sulfonamides is 1. The number of hydrogen-bond acceptors (Lipinski definition) is 7. The van der Waals surface area contributed by atoms with E-state index in [1.807, 2.05) is 0 Å². The van der Waals surface area contributed by atoms with E-state index in [4.69, 9.17) is 4.74 Å². The smallest absolute Gasteiger partial charge is 0.416 e. The van der Waals surface area contributed by atoms with Gasteiger partial charge in [0.15, 0.2) is 5.65 Å². The number of nitrogens with one attached hydrogen (secondary N) is 1. The zero-order chi connectivity index (χ0) is 24.8. The lowest BCUT2D eigenvalue weighted by atomic mass is 9.97. The quantitative estimate of drug-likeness (QED) is 0.561. The van der Waals surface area contributed by atoms with Crippen LogP contribution in [0.3, 0.4) is 0 Å². The van der Waals surface area contributed by atoms with Gasteiger partial charge in [0.05, 0.1) is 29.9 Å². The summed E-state index contributed by atoms with van der Waals surface area (Å²) in [5, 5.41) is 3.60. The van der Waals surface area contributed by atoms with Crippen molar-refractivity contribution in [2.45, 2.75) is 39.4 Å². The Bertz CT molecular complexity index is 1360. The summed E-state index contributed by atoms with van der Waals surface area (Å²) < 4.78 is 71.8. The molecule has 0 radical (unpaired) electrons. The fourth-order valence-corrected chi connectivity index (χ4v) is 5.75. The Morgan fingerprint density at radius 1 is 1.18 bits per heavy atom. The van der Waals surface area contributed by atoms with Crippen LogP contribution in [0.5, 0.6) is 5.88 Å². The number of rotatable bonds is 5. The Labute approximate surface area is 195 Å². The Morgan fingerprint density at radius 3 is 2.53 bits per heavy atom. The maximum atomic E-state index is 13.4. The molecular formula is C22H24F3N5O3S. The molecule has 34 heavy (non-hydrogen) atoms. The number of alkyl halides is 3.